The number of amides is 10. The topological polar surface area (TPSA) is 423 Å². The predicted molar refractivity (Wildman–Crippen MR) is 295 cm³/mol. The second-order valence-electron chi connectivity index (χ2n) is 20.9. The Balaban J connectivity index is 2.28. The fourth-order valence-electron chi connectivity index (χ4n) is 8.35. The molecule has 1 aliphatic rings. The van der Waals surface area contributed by atoms with Crippen molar-refractivity contribution in [1.29, 1.82) is 5.41 Å². The van der Waals surface area contributed by atoms with E-state index >= 15 is 0 Å². The van der Waals surface area contributed by atoms with Crippen LogP contribution < -0.4 is 64.2 Å². The maximum Gasteiger partial charge on any atom is 0.408 e. The minimum Gasteiger partial charge on any atom is -0.445 e. The highest BCUT2D eigenvalue weighted by Crippen LogP contribution is 2.21. The van der Waals surface area contributed by atoms with Gasteiger partial charge in [0.2, 0.25) is 53.2 Å². The van der Waals surface area contributed by atoms with Crippen molar-refractivity contribution in [2.24, 2.45) is 29.4 Å². The van der Waals surface area contributed by atoms with Crippen molar-refractivity contribution in [3.05, 3.63) is 71.8 Å². The first-order valence-electron chi connectivity index (χ1n) is 27.0. The minimum absolute atomic E-state index is 0.0599. The van der Waals surface area contributed by atoms with Crippen molar-refractivity contribution in [2.75, 3.05) is 26.3 Å². The molecule has 0 saturated carbocycles. The fraction of sp³-hybridized carbons (Fsp3) is 0.574. The number of carbonyl (C=O) groups is 10. The normalized spacial score (nSPS) is 24.5. The molecule has 1 unspecified atom stereocenters. The smallest absolute Gasteiger partial charge is 0.408 e. The molecule has 3 rings (SSSR count). The van der Waals surface area contributed by atoms with Gasteiger partial charge in [-0.1, -0.05) is 122 Å². The van der Waals surface area contributed by atoms with Crippen LogP contribution in [0.2, 0.25) is 0 Å². The number of hydrogen-bond donors (Lipinski definition) is 16. The number of benzene rings is 2. The molecule has 11 atom stereocenters. The Hall–Kier alpha value is -7.91. The first-order chi connectivity index (χ1) is 38.3. The molecular formula is C54H83N13O14. The average Bonchev–Trinajstić information content (AvgIpc) is 3.47. The number of nitrogens with two attached hydrogens (primary N) is 1. The maximum absolute atomic E-state index is 15.0. The summed E-state index contributed by atoms with van der Waals surface area (Å²) < 4.78 is 5.47. The molecule has 448 valence electrons. The molecule has 27 heteroatoms. The number of hydrogen-bond acceptors (Lipinski definition) is 15. The minimum atomic E-state index is -1.95. The zero-order chi connectivity index (χ0) is 60.5. The molecule has 0 aromatic heterocycles. The molecule has 1 aliphatic heterocycles. The van der Waals surface area contributed by atoms with Gasteiger partial charge in [-0.2, -0.15) is 0 Å². The van der Waals surface area contributed by atoms with Gasteiger partial charge >= 0.3 is 6.09 Å². The first kappa shape index (κ1) is 67.4. The Morgan fingerprint density at radius 1 is 0.654 bits per heavy atom. The Morgan fingerprint density at radius 2 is 1.17 bits per heavy atom. The number of nitrogens with one attached hydrogen (secondary N) is 12. The second-order valence-corrected chi connectivity index (χ2v) is 20.9. The molecule has 10 amide bonds. The summed E-state index contributed by atoms with van der Waals surface area (Å²) in [4.78, 5) is 141. The average molecular weight is 1140 g/mol. The molecule has 1 saturated heterocycles. The highest BCUT2D eigenvalue weighted by Gasteiger charge is 2.41. The van der Waals surface area contributed by atoms with E-state index in [1.165, 1.54) is 38.1 Å². The van der Waals surface area contributed by atoms with Crippen LogP contribution in [0.15, 0.2) is 60.7 Å². The number of alkyl carbamates (subject to hydrolysis) is 1. The van der Waals surface area contributed by atoms with Crippen molar-refractivity contribution in [3.63, 3.8) is 0 Å². The van der Waals surface area contributed by atoms with Gasteiger partial charge in [0.25, 0.3) is 0 Å². The molecule has 2 aromatic carbocycles. The van der Waals surface area contributed by atoms with Crippen molar-refractivity contribution < 1.29 is 68.0 Å². The molecule has 0 spiro atoms. The number of aliphatic hydroxyl groups excluding tert-OH is 3. The lowest BCUT2D eigenvalue weighted by atomic mass is 9.94. The maximum atomic E-state index is 15.0. The Morgan fingerprint density at radius 3 is 1.74 bits per heavy atom. The summed E-state index contributed by atoms with van der Waals surface area (Å²) in [6.45, 7) is 10.1. The van der Waals surface area contributed by atoms with Crippen LogP contribution in [0.4, 0.5) is 4.79 Å². The molecule has 0 radical (unpaired) electrons. The zero-order valence-corrected chi connectivity index (χ0v) is 47.1. The molecule has 0 aliphatic carbocycles. The quantitative estimate of drug-likeness (QED) is 0.0449. The molecule has 1 heterocycles. The van der Waals surface area contributed by atoms with Gasteiger partial charge in [0.15, 0.2) is 5.96 Å². The Bertz CT molecular complexity index is 2450. The van der Waals surface area contributed by atoms with E-state index < -0.39 is 157 Å². The molecule has 2 aromatic rings. The van der Waals surface area contributed by atoms with E-state index in [0.717, 1.165) is 0 Å². The summed E-state index contributed by atoms with van der Waals surface area (Å²) in [5.74, 6) is -11.6. The van der Waals surface area contributed by atoms with Gasteiger partial charge in [-0.3, -0.25) is 48.6 Å². The van der Waals surface area contributed by atoms with Crippen LogP contribution in [-0.4, -0.2) is 161 Å². The van der Waals surface area contributed by atoms with Crippen LogP contribution in [0.3, 0.4) is 0 Å². The van der Waals surface area contributed by atoms with Crippen molar-refractivity contribution in [2.45, 2.75) is 148 Å². The lowest BCUT2D eigenvalue weighted by molar-refractivity contribution is -0.138. The van der Waals surface area contributed by atoms with Crippen molar-refractivity contribution >= 4 is 65.2 Å². The predicted octanol–water partition coefficient (Wildman–Crippen LogP) is -2.32. The van der Waals surface area contributed by atoms with E-state index in [0.29, 0.717) is 12.0 Å². The van der Waals surface area contributed by atoms with Crippen LogP contribution in [0.5, 0.6) is 0 Å². The third-order valence-corrected chi connectivity index (χ3v) is 13.2. The number of guanidine groups is 1. The third kappa shape index (κ3) is 21.9. The largest absolute Gasteiger partial charge is 0.445 e. The summed E-state index contributed by atoms with van der Waals surface area (Å²) >= 11 is 0. The third-order valence-electron chi connectivity index (χ3n) is 13.2. The van der Waals surface area contributed by atoms with Crippen LogP contribution in [0.25, 0.3) is 0 Å². The Kier molecular flexibility index (Phi) is 28.0. The molecule has 0 bridgehead atoms. The molecule has 17 N–H and O–H groups in total. The lowest BCUT2D eigenvalue weighted by Crippen LogP contribution is -2.64. The van der Waals surface area contributed by atoms with Gasteiger partial charge in [-0.05, 0) is 54.1 Å². The van der Waals surface area contributed by atoms with Crippen molar-refractivity contribution in [1.82, 2.24) is 58.5 Å². The van der Waals surface area contributed by atoms with Crippen LogP contribution in [0.1, 0.15) is 98.2 Å². The summed E-state index contributed by atoms with van der Waals surface area (Å²) in [6.07, 6.45) is -2.58. The Labute approximate surface area is 471 Å². The van der Waals surface area contributed by atoms with E-state index in [9.17, 15) is 63.3 Å². The van der Waals surface area contributed by atoms with E-state index in [2.05, 4.69) is 58.5 Å². The van der Waals surface area contributed by atoms with Gasteiger partial charge in [-0.25, -0.2) is 4.79 Å². The van der Waals surface area contributed by atoms with Gasteiger partial charge in [-0.15, -0.1) is 0 Å². The zero-order valence-electron chi connectivity index (χ0n) is 47.1. The van der Waals surface area contributed by atoms with Crippen LogP contribution >= 0.6 is 0 Å². The molecule has 27 nitrogen and oxygen atoms in total. The van der Waals surface area contributed by atoms with Gasteiger partial charge in [0.05, 0.1) is 31.9 Å². The van der Waals surface area contributed by atoms with Crippen LogP contribution in [-0.2, 0) is 54.5 Å². The van der Waals surface area contributed by atoms with E-state index in [-0.39, 0.29) is 49.9 Å². The summed E-state index contributed by atoms with van der Waals surface area (Å²) in [5, 5.41) is 67.7. The number of rotatable bonds is 17. The van der Waals surface area contributed by atoms with Crippen LogP contribution in [0, 0.1) is 29.1 Å². The number of aliphatic hydroxyl groups is 3. The highest BCUT2D eigenvalue weighted by atomic mass is 16.5. The summed E-state index contributed by atoms with van der Waals surface area (Å²) in [6, 6.07) is 1.46. The fourth-order valence-corrected chi connectivity index (χ4v) is 8.35. The van der Waals surface area contributed by atoms with Crippen molar-refractivity contribution in [3.8, 4) is 0 Å². The molecule has 1 fully saturated rings. The van der Waals surface area contributed by atoms with Gasteiger partial charge in [0, 0.05) is 6.54 Å². The molecule has 81 heavy (non-hydrogen) atoms. The summed E-state index contributed by atoms with van der Waals surface area (Å²) in [5.41, 5.74) is 6.19. The van der Waals surface area contributed by atoms with Gasteiger partial charge < -0.3 is 84.3 Å². The highest BCUT2D eigenvalue weighted by molar-refractivity contribution is 5.99. The van der Waals surface area contributed by atoms with E-state index in [4.69, 9.17) is 15.9 Å². The second kappa shape index (κ2) is 33.6. The first-order valence-corrected chi connectivity index (χ1v) is 27.0. The molecular weight excluding hydrogens is 1050 g/mol. The van der Waals surface area contributed by atoms with E-state index in [1.807, 2.05) is 0 Å². The number of carbonyl (C=O) groups excluding carboxylic acids is 10. The number of ether oxygens (including phenoxy) is 1. The van der Waals surface area contributed by atoms with E-state index in [1.54, 1.807) is 77.9 Å². The summed E-state index contributed by atoms with van der Waals surface area (Å²) in [7, 11) is 0. The lowest BCUT2D eigenvalue weighted by Gasteiger charge is -2.33. The SMILES string of the molecule is CC[C@H](C)[C@@H]1NC(=O)[C@@H](CCCNC(=N)N)NC(=O)[C@H](CC(C)C)NC(=O)[C@H]([C@H](O)C(C)C)NC(=O)[C@@H](NC(=O)OCc2ccccc2)[C@@H](c2ccccc2)NC(=O)C(CO)NC(=O)[C@H](CO)NC(=O)CNC(=O)[C@H](C(C)C)NC1=O. The van der Waals surface area contributed by atoms with Gasteiger partial charge in [0.1, 0.15) is 54.9 Å². The monoisotopic (exact) mass is 1140 g/mol. The standard InChI is InChI=1S/C54H83N13O14/c1-9-31(8)40-50(77)63-39(29(4)5)49(76)58-24-38(70)59-36(25-68)47(74)62-37(26-69)48(75)65-41(33-19-14-11-15-20-33)42(67-54(80)81-27-32-17-12-10-13-18-32)51(78)66-43(44(71)30(6)7)52(79)61-35(23-28(2)3)46(73)60-34(45(72)64-40)21-16-22-57-53(55)56/h10-15,17-20,28-31,34-37,39-44,68-69,71H,9,16,21-27H2,1-8H3,(H,58,76)(H,59,70)(H,60,73)(H,61,79)(H,62,74)(H,63,77)(H,64,72)(H,65,75)(H,66,78)(H,67,80)(H4,55,56,57)/t31-,34+,35-,36-,37?,39-,40-,41+,42-,43-,44+/m0/s1.